The van der Waals surface area contributed by atoms with E-state index in [1.54, 1.807) is 4.88 Å². The van der Waals surface area contributed by atoms with E-state index < -0.39 is 0 Å². The highest BCUT2D eigenvalue weighted by atomic mass is 32.1. The highest BCUT2D eigenvalue weighted by molar-refractivity contribution is 7.12. The van der Waals surface area contributed by atoms with Gasteiger partial charge in [-0.25, -0.2) is 0 Å². The molecular formula is C22H35NOS. The lowest BCUT2D eigenvalue weighted by Crippen LogP contribution is -2.23. The first-order chi connectivity index (χ1) is 11.9. The number of aldehydes is 1. The summed E-state index contributed by atoms with van der Waals surface area (Å²) in [4.78, 5) is 12.4. The van der Waals surface area contributed by atoms with E-state index in [0.717, 1.165) is 31.4 Å². The second-order valence-corrected chi connectivity index (χ2v) is 8.49. The number of aryl methyl sites for hydroxylation is 2. The van der Waals surface area contributed by atoms with Crippen molar-refractivity contribution in [3.63, 3.8) is 0 Å². The van der Waals surface area contributed by atoms with Crippen LogP contribution in [-0.2, 0) is 17.6 Å². The number of thiophene rings is 1. The highest BCUT2D eigenvalue weighted by Crippen LogP contribution is 2.43. The van der Waals surface area contributed by atoms with E-state index >= 15 is 0 Å². The molecule has 0 spiro atoms. The maximum Gasteiger partial charge on any atom is 0.119 e. The molecule has 0 radical (unpaired) electrons. The Kier molecular flexibility index (Phi) is 9.20. The minimum atomic E-state index is 0.249. The van der Waals surface area contributed by atoms with E-state index in [2.05, 4.69) is 45.3 Å². The minimum Gasteiger partial charge on any atom is -0.385 e. The Labute approximate surface area is 158 Å². The minimum absolute atomic E-state index is 0.249. The van der Waals surface area contributed by atoms with Crippen molar-refractivity contribution in [3.05, 3.63) is 40.1 Å². The second-order valence-electron chi connectivity index (χ2n) is 7.18. The van der Waals surface area contributed by atoms with E-state index in [0.29, 0.717) is 6.42 Å². The van der Waals surface area contributed by atoms with Crippen LogP contribution in [-0.4, -0.2) is 12.8 Å². The normalized spacial score (nSPS) is 18.6. The fourth-order valence-corrected chi connectivity index (χ4v) is 4.34. The zero-order valence-corrected chi connectivity index (χ0v) is 17.4. The molecule has 1 aromatic heterocycles. The van der Waals surface area contributed by atoms with Gasteiger partial charge in [0.1, 0.15) is 6.29 Å². The zero-order chi connectivity index (χ0) is 18.9. The quantitative estimate of drug-likeness (QED) is 0.345. The molecule has 1 N–H and O–H groups in total. The predicted molar refractivity (Wildman–Crippen MR) is 112 cm³/mol. The van der Waals surface area contributed by atoms with Crippen molar-refractivity contribution in [3.8, 4) is 0 Å². The van der Waals surface area contributed by atoms with Crippen molar-refractivity contribution in [2.45, 2.75) is 72.6 Å². The fraction of sp³-hybridized carbons (Fsp3) is 0.591. The van der Waals surface area contributed by atoms with Gasteiger partial charge >= 0.3 is 0 Å². The SMILES string of the molecule is C=CC1(C)CCc2sc(C)c(C(=C)NCCCC)c2C1.CCCC=O. The van der Waals surface area contributed by atoms with Crippen molar-refractivity contribution in [1.29, 1.82) is 0 Å². The molecule has 0 saturated carbocycles. The molecule has 0 saturated heterocycles. The molecule has 140 valence electrons. The second kappa shape index (κ2) is 10.6. The van der Waals surface area contributed by atoms with Gasteiger partial charge in [0.25, 0.3) is 0 Å². The van der Waals surface area contributed by atoms with Gasteiger partial charge in [-0.05, 0) is 50.0 Å². The average Bonchev–Trinajstić information content (AvgIpc) is 2.91. The number of rotatable bonds is 8. The summed E-state index contributed by atoms with van der Waals surface area (Å²) in [6.45, 7) is 18.1. The molecule has 3 heteroatoms. The third kappa shape index (κ3) is 6.14. The van der Waals surface area contributed by atoms with Crippen molar-refractivity contribution in [1.82, 2.24) is 5.32 Å². The number of fused-ring (bicyclic) bond motifs is 1. The van der Waals surface area contributed by atoms with Gasteiger partial charge in [0.2, 0.25) is 0 Å². The molecule has 1 heterocycles. The standard InChI is InChI=1S/C18H27NS.C4H8O/c1-6-8-11-19-13(3)17-14(4)20-16-9-10-18(5,7-2)12-15(16)17;1-2-3-4-5/h7,19H,2-3,6,8-12H2,1,4-5H3;4H,2-3H2,1H3. The Bertz CT molecular complexity index is 587. The maximum atomic E-state index is 9.40. The van der Waals surface area contributed by atoms with Crippen LogP contribution < -0.4 is 5.32 Å². The molecule has 0 aliphatic heterocycles. The van der Waals surface area contributed by atoms with E-state index in [-0.39, 0.29) is 5.41 Å². The summed E-state index contributed by atoms with van der Waals surface area (Å²) in [5.41, 5.74) is 4.27. The molecule has 0 amide bonds. The van der Waals surface area contributed by atoms with Crippen LogP contribution in [0, 0.1) is 12.3 Å². The molecular weight excluding hydrogens is 326 g/mol. The van der Waals surface area contributed by atoms with Crippen molar-refractivity contribution in [2.24, 2.45) is 5.41 Å². The Morgan fingerprint density at radius 1 is 1.36 bits per heavy atom. The molecule has 1 aliphatic rings. The van der Waals surface area contributed by atoms with Gasteiger partial charge in [-0.15, -0.1) is 17.9 Å². The first kappa shape index (κ1) is 21.7. The lowest BCUT2D eigenvalue weighted by atomic mass is 9.74. The van der Waals surface area contributed by atoms with Crippen molar-refractivity contribution in [2.75, 3.05) is 6.54 Å². The van der Waals surface area contributed by atoms with Gasteiger partial charge in [-0.3, -0.25) is 0 Å². The molecule has 0 bridgehead atoms. The third-order valence-corrected chi connectivity index (χ3v) is 6.05. The third-order valence-electron chi connectivity index (χ3n) is 4.84. The van der Waals surface area contributed by atoms with Gasteiger partial charge in [0, 0.05) is 34.0 Å². The monoisotopic (exact) mass is 361 g/mol. The Morgan fingerprint density at radius 3 is 2.60 bits per heavy atom. The van der Waals surface area contributed by atoms with Crippen LogP contribution >= 0.6 is 11.3 Å². The van der Waals surface area contributed by atoms with Gasteiger partial charge < -0.3 is 10.1 Å². The van der Waals surface area contributed by atoms with E-state index in [1.165, 1.54) is 41.7 Å². The van der Waals surface area contributed by atoms with Crippen LogP contribution in [0.5, 0.6) is 0 Å². The number of hydrogen-bond acceptors (Lipinski definition) is 3. The summed E-state index contributed by atoms with van der Waals surface area (Å²) in [6, 6.07) is 0. The zero-order valence-electron chi connectivity index (χ0n) is 16.5. The summed E-state index contributed by atoms with van der Waals surface area (Å²) in [5, 5.41) is 3.51. The van der Waals surface area contributed by atoms with E-state index in [1.807, 2.05) is 18.3 Å². The smallest absolute Gasteiger partial charge is 0.119 e. The first-order valence-electron chi connectivity index (χ1n) is 9.53. The van der Waals surface area contributed by atoms with Crippen LogP contribution in [0.15, 0.2) is 19.2 Å². The summed E-state index contributed by atoms with van der Waals surface area (Å²) < 4.78 is 0. The molecule has 1 aliphatic carbocycles. The summed E-state index contributed by atoms with van der Waals surface area (Å²) in [6.07, 6.45) is 10.7. The molecule has 1 atom stereocenters. The van der Waals surface area contributed by atoms with Gasteiger partial charge in [-0.2, -0.15) is 0 Å². The first-order valence-corrected chi connectivity index (χ1v) is 10.4. The number of nitrogens with one attached hydrogen (secondary N) is 1. The van der Waals surface area contributed by atoms with Gasteiger partial charge in [0.05, 0.1) is 0 Å². The summed E-state index contributed by atoms with van der Waals surface area (Å²) in [5.74, 6) is 0. The molecule has 1 unspecified atom stereocenters. The number of hydrogen-bond donors (Lipinski definition) is 1. The van der Waals surface area contributed by atoms with Crippen LogP contribution in [0.2, 0.25) is 0 Å². The lowest BCUT2D eigenvalue weighted by molar-refractivity contribution is -0.107. The number of carbonyl (C=O) groups excluding carboxylic acids is 1. The molecule has 25 heavy (non-hydrogen) atoms. The van der Waals surface area contributed by atoms with Crippen LogP contribution in [0.1, 0.15) is 73.8 Å². The van der Waals surface area contributed by atoms with Gasteiger partial charge in [-0.1, -0.05) is 39.8 Å². The summed E-state index contributed by atoms with van der Waals surface area (Å²) >= 11 is 1.96. The van der Waals surface area contributed by atoms with E-state index in [4.69, 9.17) is 0 Å². The number of carbonyl (C=O) groups is 1. The fourth-order valence-electron chi connectivity index (χ4n) is 3.12. The highest BCUT2D eigenvalue weighted by Gasteiger charge is 2.31. The lowest BCUT2D eigenvalue weighted by Gasteiger charge is -2.31. The molecule has 0 fully saturated rings. The Balaban J connectivity index is 0.000000550. The predicted octanol–water partition coefficient (Wildman–Crippen LogP) is 6.08. The van der Waals surface area contributed by atoms with Gasteiger partial charge in [0.15, 0.2) is 0 Å². The van der Waals surface area contributed by atoms with Crippen LogP contribution in [0.4, 0.5) is 0 Å². The molecule has 2 nitrogen and oxygen atoms in total. The number of unbranched alkanes of at least 4 members (excludes halogenated alkanes) is 2. The molecule has 1 aromatic rings. The van der Waals surface area contributed by atoms with Crippen molar-refractivity contribution >= 4 is 23.3 Å². The van der Waals surface area contributed by atoms with Crippen molar-refractivity contribution < 1.29 is 4.79 Å². The van der Waals surface area contributed by atoms with Crippen LogP contribution in [0.3, 0.4) is 0 Å². The topological polar surface area (TPSA) is 29.1 Å². The molecule has 2 rings (SSSR count). The largest absolute Gasteiger partial charge is 0.385 e. The number of allylic oxidation sites excluding steroid dienone is 1. The van der Waals surface area contributed by atoms with E-state index in [9.17, 15) is 4.79 Å². The maximum absolute atomic E-state index is 9.40. The average molecular weight is 362 g/mol. The summed E-state index contributed by atoms with van der Waals surface area (Å²) in [7, 11) is 0. The Morgan fingerprint density at radius 2 is 2.08 bits per heavy atom. The van der Waals surface area contributed by atoms with Crippen LogP contribution in [0.25, 0.3) is 5.70 Å². The molecule has 0 aromatic carbocycles. The Hall–Kier alpha value is -1.35.